The monoisotopic (exact) mass is 451 g/mol. The van der Waals surface area contributed by atoms with Crippen LogP contribution >= 0.6 is 11.3 Å². The van der Waals surface area contributed by atoms with Gasteiger partial charge in [0.05, 0.1) is 32.7 Å². The molecule has 0 spiro atoms. The van der Waals surface area contributed by atoms with Crippen molar-refractivity contribution in [2.75, 3.05) is 26.6 Å². The van der Waals surface area contributed by atoms with E-state index in [9.17, 15) is 9.59 Å². The molecule has 164 valence electrons. The summed E-state index contributed by atoms with van der Waals surface area (Å²) < 4.78 is 17.5. The van der Waals surface area contributed by atoms with Crippen molar-refractivity contribution in [3.8, 4) is 28.5 Å². The molecule has 1 amide bonds. The number of carbonyl (C=O) groups excluding carboxylic acids is 1. The standard InChI is InChI=1S/C23H21N3O5S/c1-13-5-7-20(31-4)17(9-13)25-21(27)16-11-24-23-26(22(16)28)18(12-32-23)15-10-14(29-2)6-8-19(15)30-3/h5-12H,1-4H3,(H,25,27). The molecule has 32 heavy (non-hydrogen) atoms. The van der Waals surface area contributed by atoms with Gasteiger partial charge in [-0.05, 0) is 42.8 Å². The Morgan fingerprint density at radius 2 is 1.78 bits per heavy atom. The Kier molecular flexibility index (Phi) is 5.83. The van der Waals surface area contributed by atoms with Crippen LogP contribution < -0.4 is 25.1 Å². The van der Waals surface area contributed by atoms with Gasteiger partial charge in [-0.1, -0.05) is 6.07 Å². The summed E-state index contributed by atoms with van der Waals surface area (Å²) in [5.74, 6) is 1.10. The number of fused-ring (bicyclic) bond motifs is 1. The van der Waals surface area contributed by atoms with Gasteiger partial charge in [0, 0.05) is 17.1 Å². The van der Waals surface area contributed by atoms with E-state index in [0.717, 1.165) is 5.56 Å². The lowest BCUT2D eigenvalue weighted by Gasteiger charge is -2.12. The number of benzene rings is 2. The number of hydrogen-bond donors (Lipinski definition) is 1. The third kappa shape index (κ3) is 3.78. The van der Waals surface area contributed by atoms with Crippen LogP contribution in [0.1, 0.15) is 15.9 Å². The number of nitrogens with zero attached hydrogens (tertiary/aromatic N) is 2. The largest absolute Gasteiger partial charge is 0.497 e. The highest BCUT2D eigenvalue weighted by atomic mass is 32.1. The highest BCUT2D eigenvalue weighted by Gasteiger charge is 2.20. The van der Waals surface area contributed by atoms with Crippen LogP contribution in [0.25, 0.3) is 16.2 Å². The first-order chi connectivity index (χ1) is 15.5. The van der Waals surface area contributed by atoms with E-state index in [1.54, 1.807) is 49.9 Å². The number of methoxy groups -OCH3 is 3. The van der Waals surface area contributed by atoms with Crippen molar-refractivity contribution in [1.82, 2.24) is 9.38 Å². The van der Waals surface area contributed by atoms with Gasteiger partial charge in [-0.15, -0.1) is 11.3 Å². The van der Waals surface area contributed by atoms with E-state index in [0.29, 0.717) is 39.2 Å². The molecule has 0 atom stereocenters. The lowest BCUT2D eigenvalue weighted by Crippen LogP contribution is -2.26. The molecule has 1 N–H and O–H groups in total. The number of ether oxygens (including phenoxy) is 3. The third-order valence-corrected chi connectivity index (χ3v) is 5.82. The molecule has 9 heteroatoms. The summed E-state index contributed by atoms with van der Waals surface area (Å²) in [6.07, 6.45) is 1.29. The second kappa shape index (κ2) is 8.72. The number of hydrogen-bond acceptors (Lipinski definition) is 7. The number of aromatic nitrogens is 2. The summed E-state index contributed by atoms with van der Waals surface area (Å²) in [5, 5.41) is 4.56. The Morgan fingerprint density at radius 1 is 1.03 bits per heavy atom. The van der Waals surface area contributed by atoms with Crippen molar-refractivity contribution >= 4 is 27.9 Å². The summed E-state index contributed by atoms with van der Waals surface area (Å²) in [4.78, 5) is 31.1. The predicted molar refractivity (Wildman–Crippen MR) is 124 cm³/mol. The number of amides is 1. The second-order valence-electron chi connectivity index (χ2n) is 6.94. The molecule has 2 heterocycles. The van der Waals surface area contributed by atoms with Crippen molar-refractivity contribution in [3.05, 3.63) is 69.5 Å². The van der Waals surface area contributed by atoms with Gasteiger partial charge in [0.25, 0.3) is 11.5 Å². The summed E-state index contributed by atoms with van der Waals surface area (Å²) in [7, 11) is 4.63. The van der Waals surface area contributed by atoms with Crippen molar-refractivity contribution in [2.24, 2.45) is 0 Å². The minimum atomic E-state index is -0.574. The van der Waals surface area contributed by atoms with Crippen molar-refractivity contribution in [3.63, 3.8) is 0 Å². The van der Waals surface area contributed by atoms with Crippen LogP contribution in [0, 0.1) is 6.92 Å². The smallest absolute Gasteiger partial charge is 0.271 e. The fourth-order valence-corrected chi connectivity index (χ4v) is 4.21. The van der Waals surface area contributed by atoms with Crippen molar-refractivity contribution in [1.29, 1.82) is 0 Å². The highest BCUT2D eigenvalue weighted by Crippen LogP contribution is 2.35. The zero-order chi connectivity index (χ0) is 22.8. The normalized spacial score (nSPS) is 10.8. The molecule has 0 bridgehead atoms. The fourth-order valence-electron chi connectivity index (χ4n) is 3.36. The molecule has 0 radical (unpaired) electrons. The average molecular weight is 452 g/mol. The highest BCUT2D eigenvalue weighted by molar-refractivity contribution is 7.15. The predicted octanol–water partition coefficient (Wildman–Crippen LogP) is 4.01. The molecular weight excluding hydrogens is 430 g/mol. The molecule has 0 aliphatic carbocycles. The van der Waals surface area contributed by atoms with Crippen LogP contribution in [-0.4, -0.2) is 36.6 Å². The van der Waals surface area contributed by atoms with Gasteiger partial charge in [0.15, 0.2) is 4.96 Å². The molecule has 0 saturated carbocycles. The zero-order valence-electron chi connectivity index (χ0n) is 18.0. The van der Waals surface area contributed by atoms with Crippen LogP contribution in [0.5, 0.6) is 17.2 Å². The Labute approximate surface area is 188 Å². The second-order valence-corrected chi connectivity index (χ2v) is 7.78. The Morgan fingerprint density at radius 3 is 2.50 bits per heavy atom. The summed E-state index contributed by atoms with van der Waals surface area (Å²) >= 11 is 1.29. The SMILES string of the molecule is COc1ccc(OC)c(-c2csc3ncc(C(=O)Nc4cc(C)ccc4OC)c(=O)n23)c1. The van der Waals surface area contributed by atoms with Gasteiger partial charge < -0.3 is 19.5 Å². The van der Waals surface area contributed by atoms with E-state index in [4.69, 9.17) is 14.2 Å². The molecule has 4 rings (SSSR count). The van der Waals surface area contributed by atoms with Crippen molar-refractivity contribution in [2.45, 2.75) is 6.92 Å². The van der Waals surface area contributed by atoms with Crippen molar-refractivity contribution < 1.29 is 19.0 Å². The summed E-state index contributed by atoms with van der Waals surface area (Å²) in [5.41, 5.74) is 2.05. The molecule has 0 saturated heterocycles. The first-order valence-corrected chi connectivity index (χ1v) is 10.5. The minimum absolute atomic E-state index is 0.0902. The van der Waals surface area contributed by atoms with Crippen LogP contribution in [0.15, 0.2) is 52.8 Å². The maximum Gasteiger partial charge on any atom is 0.271 e. The van der Waals surface area contributed by atoms with E-state index in [2.05, 4.69) is 10.3 Å². The summed E-state index contributed by atoms with van der Waals surface area (Å²) in [6.45, 7) is 1.90. The summed E-state index contributed by atoms with van der Waals surface area (Å²) in [6, 6.07) is 10.7. The minimum Gasteiger partial charge on any atom is -0.497 e. The molecule has 0 aliphatic rings. The molecule has 2 aromatic heterocycles. The van der Waals surface area contributed by atoms with Gasteiger partial charge in [0.2, 0.25) is 0 Å². The van der Waals surface area contributed by atoms with E-state index in [1.165, 1.54) is 29.0 Å². The Balaban J connectivity index is 1.82. The number of carbonyl (C=O) groups is 1. The number of nitrogens with one attached hydrogen (secondary N) is 1. The first-order valence-electron chi connectivity index (χ1n) is 9.64. The lowest BCUT2D eigenvalue weighted by atomic mass is 10.1. The van der Waals surface area contributed by atoms with Gasteiger partial charge in [-0.2, -0.15) is 0 Å². The van der Waals surface area contributed by atoms with E-state index in [-0.39, 0.29) is 5.56 Å². The van der Waals surface area contributed by atoms with E-state index < -0.39 is 11.5 Å². The molecule has 2 aromatic carbocycles. The molecule has 0 aliphatic heterocycles. The molecule has 8 nitrogen and oxygen atoms in total. The van der Waals surface area contributed by atoms with Gasteiger partial charge in [0.1, 0.15) is 22.8 Å². The molecule has 4 aromatic rings. The van der Waals surface area contributed by atoms with Gasteiger partial charge in [-0.25, -0.2) is 4.98 Å². The Hall–Kier alpha value is -3.85. The molecular formula is C23H21N3O5S. The number of thiazole rings is 1. The van der Waals surface area contributed by atoms with Crippen LogP contribution in [0.2, 0.25) is 0 Å². The van der Waals surface area contributed by atoms with Gasteiger partial charge >= 0.3 is 0 Å². The molecule has 0 unspecified atom stereocenters. The number of rotatable bonds is 6. The van der Waals surface area contributed by atoms with Crippen LogP contribution in [-0.2, 0) is 0 Å². The van der Waals surface area contributed by atoms with Crippen LogP contribution in [0.3, 0.4) is 0 Å². The van der Waals surface area contributed by atoms with Crippen LogP contribution in [0.4, 0.5) is 5.69 Å². The topological polar surface area (TPSA) is 91.2 Å². The Bertz CT molecular complexity index is 1380. The average Bonchev–Trinajstić information content (AvgIpc) is 3.24. The lowest BCUT2D eigenvalue weighted by molar-refractivity contribution is 0.102. The van der Waals surface area contributed by atoms with Gasteiger partial charge in [-0.3, -0.25) is 14.0 Å². The first kappa shape index (κ1) is 21.4. The van der Waals surface area contributed by atoms with E-state index in [1.807, 2.05) is 13.0 Å². The quantitative estimate of drug-likeness (QED) is 0.476. The number of aryl methyl sites for hydroxylation is 1. The zero-order valence-corrected chi connectivity index (χ0v) is 18.8. The maximum atomic E-state index is 13.4. The van der Waals surface area contributed by atoms with E-state index >= 15 is 0 Å². The molecule has 0 fully saturated rings. The fraction of sp³-hybridized carbons (Fsp3) is 0.174. The third-order valence-electron chi connectivity index (χ3n) is 4.98. The maximum absolute atomic E-state index is 13.4. The number of anilines is 1.